The van der Waals surface area contributed by atoms with Crippen LogP contribution in [0, 0.1) is 23.2 Å². The predicted molar refractivity (Wildman–Crippen MR) is 125 cm³/mol. The molecule has 0 unspecified atom stereocenters. The van der Waals surface area contributed by atoms with E-state index in [0.717, 1.165) is 37.9 Å². The van der Waals surface area contributed by atoms with Crippen LogP contribution in [0.5, 0.6) is 0 Å². The average molecular weight is 499 g/mol. The average Bonchev–Trinajstić information content (AvgIpc) is 3.28. The van der Waals surface area contributed by atoms with Crippen molar-refractivity contribution in [3.63, 3.8) is 0 Å². The van der Waals surface area contributed by atoms with Crippen molar-refractivity contribution in [2.75, 3.05) is 25.0 Å². The minimum atomic E-state index is -4.54. The number of likely N-dealkylation sites (tertiary alicyclic amines) is 1. The van der Waals surface area contributed by atoms with Crippen LogP contribution in [0.25, 0.3) is 22.3 Å². The summed E-state index contributed by atoms with van der Waals surface area (Å²) < 4.78 is 39.7. The number of anilines is 1. The zero-order chi connectivity index (χ0) is 25.4. The molecule has 5 rings (SSSR count). The molecular formula is C24H25F3N8O. The number of aromatic amines is 1. The summed E-state index contributed by atoms with van der Waals surface area (Å²) in [4.78, 5) is 29.8. The molecule has 0 aromatic carbocycles. The van der Waals surface area contributed by atoms with Gasteiger partial charge in [-0.3, -0.25) is 4.79 Å². The molecule has 1 aliphatic carbocycles. The van der Waals surface area contributed by atoms with Gasteiger partial charge in [-0.25, -0.2) is 15.0 Å². The van der Waals surface area contributed by atoms with Crippen molar-refractivity contribution in [1.29, 1.82) is 5.26 Å². The first-order valence-electron chi connectivity index (χ1n) is 11.8. The summed E-state index contributed by atoms with van der Waals surface area (Å²) in [5, 5.41) is 13.0. The first-order chi connectivity index (χ1) is 17.2. The van der Waals surface area contributed by atoms with Gasteiger partial charge in [0.25, 0.3) is 0 Å². The van der Waals surface area contributed by atoms with Gasteiger partial charge < -0.3 is 20.9 Å². The fourth-order valence-corrected chi connectivity index (χ4v) is 4.82. The summed E-state index contributed by atoms with van der Waals surface area (Å²) >= 11 is 0. The van der Waals surface area contributed by atoms with Gasteiger partial charge in [-0.1, -0.05) is 0 Å². The van der Waals surface area contributed by atoms with E-state index >= 15 is 0 Å². The maximum Gasteiger partial charge on any atom is 0.417 e. The number of piperidine rings is 1. The zero-order valence-corrected chi connectivity index (χ0v) is 19.3. The quantitative estimate of drug-likeness (QED) is 0.491. The third kappa shape index (κ3) is 4.70. The van der Waals surface area contributed by atoms with Gasteiger partial charge in [0.05, 0.1) is 23.0 Å². The van der Waals surface area contributed by atoms with Gasteiger partial charge in [-0.05, 0) is 37.7 Å². The summed E-state index contributed by atoms with van der Waals surface area (Å²) in [6, 6.07) is 3.15. The SMILES string of the molecule is N#Cc1cnc(NCC2CCN(C(=O)C3CC(N)C3)CC2)nc1-c1c[nH]c2ncc(C(F)(F)F)cc12. The molecule has 2 aliphatic rings. The fraction of sp³-hybridized carbons (Fsp3) is 0.458. The van der Waals surface area contributed by atoms with E-state index in [4.69, 9.17) is 5.73 Å². The Morgan fingerprint density at radius 2 is 2.00 bits per heavy atom. The molecule has 2 fully saturated rings. The van der Waals surface area contributed by atoms with Gasteiger partial charge in [0.15, 0.2) is 0 Å². The minimum Gasteiger partial charge on any atom is -0.354 e. The van der Waals surface area contributed by atoms with E-state index in [-0.39, 0.29) is 46.1 Å². The minimum absolute atomic E-state index is 0.0621. The molecule has 0 spiro atoms. The van der Waals surface area contributed by atoms with Crippen molar-refractivity contribution >= 4 is 22.9 Å². The molecule has 1 amide bonds. The summed E-state index contributed by atoms with van der Waals surface area (Å²) in [7, 11) is 0. The zero-order valence-electron chi connectivity index (χ0n) is 19.3. The molecular weight excluding hydrogens is 473 g/mol. The number of H-pyrrole nitrogens is 1. The number of nitriles is 1. The molecule has 188 valence electrons. The van der Waals surface area contributed by atoms with Gasteiger partial charge in [-0.15, -0.1) is 0 Å². The molecule has 12 heteroatoms. The number of aromatic nitrogens is 4. The van der Waals surface area contributed by atoms with E-state index in [9.17, 15) is 23.2 Å². The summed E-state index contributed by atoms with van der Waals surface area (Å²) in [5.74, 6) is 0.851. The normalized spacial score (nSPS) is 20.7. The largest absolute Gasteiger partial charge is 0.417 e. The number of halogens is 3. The molecule has 1 saturated carbocycles. The van der Waals surface area contributed by atoms with Crippen molar-refractivity contribution in [2.45, 2.75) is 37.9 Å². The molecule has 36 heavy (non-hydrogen) atoms. The Morgan fingerprint density at radius 3 is 2.67 bits per heavy atom. The Hall–Kier alpha value is -3.72. The number of fused-ring (bicyclic) bond motifs is 1. The van der Waals surface area contributed by atoms with E-state index < -0.39 is 11.7 Å². The van der Waals surface area contributed by atoms with Crippen molar-refractivity contribution < 1.29 is 18.0 Å². The van der Waals surface area contributed by atoms with Crippen molar-refractivity contribution in [3.05, 3.63) is 35.8 Å². The lowest BCUT2D eigenvalue weighted by molar-refractivity contribution is -0.140. The van der Waals surface area contributed by atoms with Gasteiger partial charge in [0.1, 0.15) is 11.7 Å². The number of amides is 1. The number of nitrogens with zero attached hydrogens (tertiary/aromatic N) is 5. The molecule has 0 bridgehead atoms. The van der Waals surface area contributed by atoms with Crippen molar-refractivity contribution in [1.82, 2.24) is 24.8 Å². The number of hydrogen-bond acceptors (Lipinski definition) is 7. The molecule has 1 saturated heterocycles. The molecule has 3 aromatic rings. The van der Waals surface area contributed by atoms with E-state index in [0.29, 0.717) is 31.1 Å². The molecule has 4 N–H and O–H groups in total. The van der Waals surface area contributed by atoms with Crippen LogP contribution in [0.1, 0.15) is 36.8 Å². The fourth-order valence-electron chi connectivity index (χ4n) is 4.82. The number of nitrogens with one attached hydrogen (secondary N) is 2. The van der Waals surface area contributed by atoms with Gasteiger partial charge in [0.2, 0.25) is 11.9 Å². The second-order valence-corrected chi connectivity index (χ2v) is 9.47. The Morgan fingerprint density at radius 1 is 1.25 bits per heavy atom. The Kier molecular flexibility index (Phi) is 6.26. The highest BCUT2D eigenvalue weighted by Gasteiger charge is 2.36. The van der Waals surface area contributed by atoms with E-state index in [1.165, 1.54) is 12.4 Å². The first-order valence-corrected chi connectivity index (χ1v) is 11.8. The van der Waals surface area contributed by atoms with Gasteiger partial charge in [0, 0.05) is 54.9 Å². The smallest absolute Gasteiger partial charge is 0.354 e. The van der Waals surface area contributed by atoms with Crippen molar-refractivity contribution in [3.8, 4) is 17.3 Å². The van der Waals surface area contributed by atoms with Gasteiger partial charge >= 0.3 is 6.18 Å². The van der Waals surface area contributed by atoms with E-state index in [1.54, 1.807) is 0 Å². The second-order valence-electron chi connectivity index (χ2n) is 9.47. The van der Waals surface area contributed by atoms with Crippen LogP contribution in [0.4, 0.5) is 19.1 Å². The van der Waals surface area contributed by atoms with Crippen LogP contribution in [0.3, 0.4) is 0 Å². The molecule has 3 aromatic heterocycles. The Bertz CT molecular complexity index is 1320. The lowest BCUT2D eigenvalue weighted by Crippen LogP contribution is -2.49. The van der Waals surface area contributed by atoms with Gasteiger partial charge in [-0.2, -0.15) is 18.4 Å². The predicted octanol–water partition coefficient (Wildman–Crippen LogP) is 3.30. The lowest BCUT2D eigenvalue weighted by Gasteiger charge is -2.38. The number of nitrogens with two attached hydrogens (primary N) is 1. The topological polar surface area (TPSA) is 137 Å². The van der Waals surface area contributed by atoms with Crippen LogP contribution < -0.4 is 11.1 Å². The Balaban J connectivity index is 1.28. The maximum atomic E-state index is 13.2. The maximum absolute atomic E-state index is 13.2. The number of pyridine rings is 1. The van der Waals surface area contributed by atoms with Crippen LogP contribution in [0.2, 0.25) is 0 Å². The number of carbonyl (C=O) groups excluding carboxylic acids is 1. The van der Waals surface area contributed by atoms with Crippen molar-refractivity contribution in [2.24, 2.45) is 17.6 Å². The van der Waals surface area contributed by atoms with E-state index in [1.807, 2.05) is 11.0 Å². The molecule has 4 heterocycles. The summed E-state index contributed by atoms with van der Waals surface area (Å²) in [6.07, 6.45) is 2.29. The van der Waals surface area contributed by atoms with E-state index in [2.05, 4.69) is 25.3 Å². The first kappa shape index (κ1) is 24.0. The molecule has 9 nitrogen and oxygen atoms in total. The number of carbonyl (C=O) groups is 1. The molecule has 0 atom stereocenters. The highest BCUT2D eigenvalue weighted by molar-refractivity contribution is 5.94. The molecule has 1 aliphatic heterocycles. The third-order valence-electron chi connectivity index (χ3n) is 7.02. The lowest BCUT2D eigenvalue weighted by atomic mass is 9.79. The molecule has 0 radical (unpaired) electrons. The standard InChI is InChI=1S/C24H25F3N8O/c25-24(26,27)16-7-18-19(12-31-21(18)30-11-16)20-15(8-28)10-33-23(34-20)32-9-13-1-3-35(4-2-13)22(36)14-5-17(29)6-14/h7,10-14,17H,1-6,9,29H2,(H,30,31)(H,32,33,34). The van der Waals surface area contributed by atoms with Crippen LogP contribution >= 0.6 is 0 Å². The monoisotopic (exact) mass is 498 g/mol. The number of alkyl halides is 3. The van der Waals surface area contributed by atoms with Crippen LogP contribution in [0.15, 0.2) is 24.7 Å². The third-order valence-corrected chi connectivity index (χ3v) is 7.02. The number of hydrogen-bond donors (Lipinski definition) is 3. The highest BCUT2D eigenvalue weighted by atomic mass is 19.4. The number of rotatable bonds is 5. The second kappa shape index (κ2) is 9.39. The Labute approximate surface area is 204 Å². The van der Waals surface area contributed by atoms with Crippen LogP contribution in [-0.4, -0.2) is 56.4 Å². The van der Waals surface area contributed by atoms with Crippen LogP contribution in [-0.2, 0) is 11.0 Å². The summed E-state index contributed by atoms with van der Waals surface area (Å²) in [6.45, 7) is 1.97. The highest BCUT2D eigenvalue weighted by Crippen LogP contribution is 2.35. The summed E-state index contributed by atoms with van der Waals surface area (Å²) in [5.41, 5.74) is 5.89.